The number of nitriles is 2. The van der Waals surface area contributed by atoms with Crippen LogP contribution in [0.2, 0.25) is 0 Å². The number of hydrogen-bond acceptors (Lipinski definition) is 4. The maximum atomic E-state index is 11.7. The van der Waals surface area contributed by atoms with E-state index in [0.29, 0.717) is 0 Å². The summed E-state index contributed by atoms with van der Waals surface area (Å²) in [5.41, 5.74) is 0.836. The van der Waals surface area contributed by atoms with Gasteiger partial charge < -0.3 is 9.64 Å². The zero-order valence-electron chi connectivity index (χ0n) is 10.5. The predicted octanol–water partition coefficient (Wildman–Crippen LogP) is 1.58. The molecule has 0 N–H and O–H groups in total. The number of carbonyl (C=O) groups excluding carboxylic acids is 1. The third-order valence-electron chi connectivity index (χ3n) is 2.37. The Hall–Kier alpha value is -2.79. The highest BCUT2D eigenvalue weighted by atomic mass is 16.5. The minimum Gasteiger partial charge on any atom is -0.497 e. The maximum Gasteiger partial charge on any atom is 0.248 e. The van der Waals surface area contributed by atoms with Gasteiger partial charge in [0.1, 0.15) is 18.8 Å². The Morgan fingerprint density at radius 2 is 1.84 bits per heavy atom. The first-order valence-corrected chi connectivity index (χ1v) is 5.56. The van der Waals surface area contributed by atoms with Crippen LogP contribution in [0.1, 0.15) is 5.56 Å². The van der Waals surface area contributed by atoms with Crippen LogP contribution in [-0.2, 0) is 4.79 Å². The molecule has 0 atom stereocenters. The van der Waals surface area contributed by atoms with Gasteiger partial charge in [-0.25, -0.2) is 0 Å². The minimum absolute atomic E-state index is 0.0979. The Kier molecular flexibility index (Phi) is 5.65. The summed E-state index contributed by atoms with van der Waals surface area (Å²) >= 11 is 0. The lowest BCUT2D eigenvalue weighted by Gasteiger charge is -2.12. The van der Waals surface area contributed by atoms with Crippen LogP contribution in [0.5, 0.6) is 5.75 Å². The van der Waals surface area contributed by atoms with E-state index in [1.807, 2.05) is 24.3 Å². The van der Waals surface area contributed by atoms with Gasteiger partial charge in [-0.05, 0) is 23.8 Å². The van der Waals surface area contributed by atoms with Crippen LogP contribution in [0.3, 0.4) is 0 Å². The van der Waals surface area contributed by atoms with Crippen LogP contribution in [0.4, 0.5) is 0 Å². The van der Waals surface area contributed by atoms with Crippen molar-refractivity contribution in [1.82, 2.24) is 4.90 Å². The molecular formula is C14H13N3O2. The van der Waals surface area contributed by atoms with Crippen LogP contribution in [0, 0.1) is 22.7 Å². The molecule has 1 aromatic rings. The minimum atomic E-state index is -0.362. The summed E-state index contributed by atoms with van der Waals surface area (Å²) in [4.78, 5) is 12.9. The lowest BCUT2D eigenvalue weighted by atomic mass is 10.2. The van der Waals surface area contributed by atoms with Gasteiger partial charge in [0.15, 0.2) is 0 Å². The standard InChI is InChI=1S/C14H13N3O2/c1-19-13-5-2-12(3-6-13)4-7-14(18)17(10-8-15)11-9-16/h2-7H,10-11H2,1H3. The number of carbonyl (C=O) groups is 1. The first kappa shape index (κ1) is 14.3. The van der Waals surface area contributed by atoms with Gasteiger partial charge in [0.05, 0.1) is 19.2 Å². The van der Waals surface area contributed by atoms with Crippen molar-refractivity contribution < 1.29 is 9.53 Å². The summed E-state index contributed by atoms with van der Waals surface area (Å²) in [7, 11) is 1.58. The van der Waals surface area contributed by atoms with Gasteiger partial charge >= 0.3 is 0 Å². The monoisotopic (exact) mass is 255 g/mol. The molecule has 0 aliphatic heterocycles. The molecule has 0 bridgehead atoms. The Bertz CT molecular complexity index is 519. The van der Waals surface area contributed by atoms with Gasteiger partial charge in [-0.15, -0.1) is 0 Å². The molecule has 0 saturated carbocycles. The number of benzene rings is 1. The quantitative estimate of drug-likeness (QED) is 0.591. The third-order valence-corrected chi connectivity index (χ3v) is 2.37. The first-order chi connectivity index (χ1) is 9.21. The molecule has 0 saturated heterocycles. The topological polar surface area (TPSA) is 77.1 Å². The number of nitrogens with zero attached hydrogens (tertiary/aromatic N) is 3. The van der Waals surface area contributed by atoms with E-state index in [2.05, 4.69) is 0 Å². The molecule has 0 radical (unpaired) electrons. The van der Waals surface area contributed by atoms with Crippen LogP contribution < -0.4 is 4.74 Å². The molecule has 96 valence electrons. The predicted molar refractivity (Wildman–Crippen MR) is 69.8 cm³/mol. The van der Waals surface area contributed by atoms with E-state index in [1.165, 1.54) is 11.0 Å². The highest BCUT2D eigenvalue weighted by molar-refractivity contribution is 5.92. The summed E-state index contributed by atoms with van der Waals surface area (Å²) in [5.74, 6) is 0.373. The van der Waals surface area contributed by atoms with Crippen molar-refractivity contribution in [3.8, 4) is 17.9 Å². The van der Waals surface area contributed by atoms with Crippen LogP contribution in [0.15, 0.2) is 30.3 Å². The molecule has 0 heterocycles. The largest absolute Gasteiger partial charge is 0.497 e. The second-order valence-electron chi connectivity index (χ2n) is 3.62. The molecule has 0 fully saturated rings. The summed E-state index contributed by atoms with van der Waals surface area (Å²) in [6.07, 6.45) is 2.97. The Labute approximate surface area is 111 Å². The molecule has 0 spiro atoms. The molecule has 19 heavy (non-hydrogen) atoms. The normalized spacial score (nSPS) is 9.63. The number of methoxy groups -OCH3 is 1. The summed E-state index contributed by atoms with van der Waals surface area (Å²) in [6.45, 7) is -0.196. The molecule has 0 aliphatic carbocycles. The molecule has 0 unspecified atom stereocenters. The highest BCUT2D eigenvalue weighted by Crippen LogP contribution is 2.12. The van der Waals surface area contributed by atoms with Gasteiger partial charge in [-0.2, -0.15) is 10.5 Å². The molecule has 1 rings (SSSR count). The van der Waals surface area contributed by atoms with Gasteiger partial charge in [0, 0.05) is 6.08 Å². The van der Waals surface area contributed by atoms with Crippen LogP contribution in [-0.4, -0.2) is 31.0 Å². The average Bonchev–Trinajstić information content (AvgIpc) is 2.45. The van der Waals surface area contributed by atoms with Gasteiger partial charge in [-0.1, -0.05) is 12.1 Å². The van der Waals surface area contributed by atoms with E-state index in [9.17, 15) is 4.79 Å². The van der Waals surface area contributed by atoms with E-state index >= 15 is 0 Å². The first-order valence-electron chi connectivity index (χ1n) is 5.56. The molecule has 1 amide bonds. The van der Waals surface area contributed by atoms with E-state index in [1.54, 1.807) is 25.3 Å². The van der Waals surface area contributed by atoms with Gasteiger partial charge in [0.25, 0.3) is 0 Å². The van der Waals surface area contributed by atoms with Crippen molar-refractivity contribution in [3.63, 3.8) is 0 Å². The van der Waals surface area contributed by atoms with E-state index in [4.69, 9.17) is 15.3 Å². The van der Waals surface area contributed by atoms with Gasteiger partial charge in [-0.3, -0.25) is 4.79 Å². The van der Waals surface area contributed by atoms with Crippen LogP contribution in [0.25, 0.3) is 6.08 Å². The molecular weight excluding hydrogens is 242 g/mol. The highest BCUT2D eigenvalue weighted by Gasteiger charge is 2.08. The molecule has 5 nitrogen and oxygen atoms in total. The smallest absolute Gasteiger partial charge is 0.248 e. The fourth-order valence-electron chi connectivity index (χ4n) is 1.37. The second kappa shape index (κ2) is 7.52. The fraction of sp³-hybridized carbons (Fsp3) is 0.214. The van der Waals surface area contributed by atoms with Crippen molar-refractivity contribution in [3.05, 3.63) is 35.9 Å². The second-order valence-corrected chi connectivity index (χ2v) is 3.62. The fourth-order valence-corrected chi connectivity index (χ4v) is 1.37. The Morgan fingerprint density at radius 1 is 1.26 bits per heavy atom. The van der Waals surface area contributed by atoms with Crippen LogP contribution >= 0.6 is 0 Å². The van der Waals surface area contributed by atoms with E-state index in [-0.39, 0.29) is 19.0 Å². The Morgan fingerprint density at radius 3 is 2.32 bits per heavy atom. The van der Waals surface area contributed by atoms with Crippen molar-refractivity contribution in [2.24, 2.45) is 0 Å². The molecule has 0 aromatic heterocycles. The number of hydrogen-bond donors (Lipinski definition) is 0. The number of rotatable bonds is 5. The van der Waals surface area contributed by atoms with E-state index < -0.39 is 0 Å². The van der Waals surface area contributed by atoms with Crippen molar-refractivity contribution in [1.29, 1.82) is 10.5 Å². The molecule has 1 aromatic carbocycles. The maximum absolute atomic E-state index is 11.7. The van der Waals surface area contributed by atoms with Crippen molar-refractivity contribution >= 4 is 12.0 Å². The lowest BCUT2D eigenvalue weighted by molar-refractivity contribution is -0.124. The molecule has 0 aliphatic rings. The van der Waals surface area contributed by atoms with Gasteiger partial charge in [0.2, 0.25) is 5.91 Å². The lowest BCUT2D eigenvalue weighted by Crippen LogP contribution is -2.30. The Balaban J connectivity index is 2.71. The zero-order chi connectivity index (χ0) is 14.1. The van der Waals surface area contributed by atoms with Crippen molar-refractivity contribution in [2.45, 2.75) is 0 Å². The molecule has 5 heteroatoms. The summed E-state index contributed by atoms with van der Waals surface area (Å²) < 4.78 is 5.03. The van der Waals surface area contributed by atoms with Crippen molar-refractivity contribution in [2.75, 3.05) is 20.2 Å². The summed E-state index contributed by atoms with van der Waals surface area (Å²) in [5, 5.41) is 17.1. The average molecular weight is 255 g/mol. The number of ether oxygens (including phenoxy) is 1. The zero-order valence-corrected chi connectivity index (χ0v) is 10.5. The SMILES string of the molecule is COc1ccc(C=CC(=O)N(CC#N)CC#N)cc1. The van der Waals surface area contributed by atoms with E-state index in [0.717, 1.165) is 11.3 Å². The third kappa shape index (κ3) is 4.53. The number of amides is 1. The summed E-state index contributed by atoms with van der Waals surface area (Å²) in [6, 6.07) is 10.9.